The van der Waals surface area contributed by atoms with Crippen LogP contribution in [0.25, 0.3) is 0 Å². The summed E-state index contributed by atoms with van der Waals surface area (Å²) in [6.45, 7) is 0. The first kappa shape index (κ1) is 25.4. The molecule has 0 N–H and O–H groups in total. The highest BCUT2D eigenvalue weighted by molar-refractivity contribution is 6.29. The quantitative estimate of drug-likeness (QED) is 0.214. The van der Waals surface area contributed by atoms with Gasteiger partial charge in [-0.15, -0.1) is 0 Å². The maximum absolute atomic E-state index is 15.5. The summed E-state index contributed by atoms with van der Waals surface area (Å²) in [4.78, 5) is 39.1. The second-order valence-corrected chi connectivity index (χ2v) is 11.9. The van der Waals surface area contributed by atoms with Crippen LogP contribution in [0.3, 0.4) is 0 Å². The maximum atomic E-state index is 15.5. The van der Waals surface area contributed by atoms with Gasteiger partial charge in [0, 0.05) is 5.92 Å². The molecular weight excluding hydrogens is 558 g/mol. The van der Waals surface area contributed by atoms with Crippen molar-refractivity contribution in [2.75, 3.05) is 9.96 Å². The maximum Gasteiger partial charge on any atom is 0.271 e. The summed E-state index contributed by atoms with van der Waals surface area (Å²) in [6.07, 6.45) is 0. The number of halogens is 2. The van der Waals surface area contributed by atoms with E-state index in [0.29, 0.717) is 11.3 Å². The molecule has 2 aliphatic heterocycles. The van der Waals surface area contributed by atoms with Crippen molar-refractivity contribution < 1.29 is 23.2 Å². The van der Waals surface area contributed by atoms with Crippen LogP contribution in [0.2, 0.25) is 0 Å². The van der Waals surface area contributed by atoms with Gasteiger partial charge < -0.3 is 0 Å². The molecule has 2 amide bonds. The Morgan fingerprint density at radius 3 is 1.61 bits per heavy atom. The fraction of sp³-hybridized carbons (Fsp3) is 0.135. The highest BCUT2D eigenvalue weighted by Crippen LogP contribution is 2.77. The molecule has 7 heteroatoms. The van der Waals surface area contributed by atoms with Gasteiger partial charge in [-0.3, -0.25) is 14.4 Å². The number of nitrogens with zero attached hydrogens (tertiary/aromatic N) is 2. The normalized spacial score (nSPS) is 27.6. The third-order valence-corrected chi connectivity index (χ3v) is 9.98. The van der Waals surface area contributed by atoms with Crippen molar-refractivity contribution in [3.8, 4) is 0 Å². The Hall–Kier alpha value is -5.14. The number of imide groups is 1. The van der Waals surface area contributed by atoms with Crippen molar-refractivity contribution in [3.05, 3.63) is 167 Å². The third-order valence-electron chi connectivity index (χ3n) is 9.98. The number of carbonyl (C=O) groups is 2. The Morgan fingerprint density at radius 2 is 1.05 bits per heavy atom. The van der Waals surface area contributed by atoms with E-state index in [4.69, 9.17) is 4.84 Å². The molecule has 5 aromatic carbocycles. The zero-order chi connectivity index (χ0) is 29.8. The summed E-state index contributed by atoms with van der Waals surface area (Å²) in [5.41, 5.74) is 2.17. The van der Waals surface area contributed by atoms with Gasteiger partial charge >= 0.3 is 0 Å². The van der Waals surface area contributed by atoms with Crippen molar-refractivity contribution in [1.82, 2.24) is 0 Å². The van der Waals surface area contributed by atoms with E-state index in [2.05, 4.69) is 0 Å². The third kappa shape index (κ3) is 2.85. The average Bonchev–Trinajstić information content (AvgIpc) is 3.50. The van der Waals surface area contributed by atoms with Crippen LogP contribution in [0.4, 0.5) is 20.2 Å². The topological polar surface area (TPSA) is 49.9 Å². The number of rotatable bonds is 3. The first-order valence-electron chi connectivity index (χ1n) is 14.6. The van der Waals surface area contributed by atoms with E-state index < -0.39 is 52.3 Å². The zero-order valence-corrected chi connectivity index (χ0v) is 23.2. The molecule has 0 aromatic heterocycles. The molecule has 0 spiro atoms. The number of para-hydroxylation sites is 1. The van der Waals surface area contributed by atoms with Crippen molar-refractivity contribution in [2.45, 2.75) is 23.5 Å². The second-order valence-electron chi connectivity index (χ2n) is 11.9. The van der Waals surface area contributed by atoms with E-state index in [1.54, 1.807) is 17.2 Å². The molecule has 2 fully saturated rings. The predicted octanol–water partition coefficient (Wildman–Crippen LogP) is 7.05. The van der Waals surface area contributed by atoms with Crippen LogP contribution in [0.1, 0.15) is 45.7 Å². The number of hydroxylamine groups is 1. The van der Waals surface area contributed by atoms with E-state index in [1.807, 2.05) is 78.9 Å². The predicted molar refractivity (Wildman–Crippen MR) is 160 cm³/mol. The van der Waals surface area contributed by atoms with Gasteiger partial charge in [0.25, 0.3) is 5.91 Å². The van der Waals surface area contributed by atoms with Crippen LogP contribution in [-0.4, -0.2) is 17.4 Å². The molecule has 2 saturated heterocycles. The highest BCUT2D eigenvalue weighted by atomic mass is 19.1. The minimum Gasteiger partial charge on any atom is -0.273 e. The fourth-order valence-electron chi connectivity index (χ4n) is 8.50. The highest BCUT2D eigenvalue weighted by Gasteiger charge is 2.87. The summed E-state index contributed by atoms with van der Waals surface area (Å²) in [7, 11) is 0. The second kappa shape index (κ2) is 8.71. The Labute approximate surface area is 251 Å². The molecule has 3 atom stereocenters. The summed E-state index contributed by atoms with van der Waals surface area (Å²) in [5, 5.41) is 1.70. The first-order chi connectivity index (χ1) is 21.5. The molecular formula is C37H24F2N2O3. The number of anilines is 2. The van der Waals surface area contributed by atoms with Crippen molar-refractivity contribution in [1.29, 1.82) is 0 Å². The van der Waals surface area contributed by atoms with Crippen LogP contribution in [0.15, 0.2) is 127 Å². The molecule has 2 heterocycles. The SMILES string of the molecule is O=C1N(c2ccc(F)cc2)C(=O)C23C4c5ccccc5C(c5ccccc54)C12ON(c1ccccc1)C3c1ccc(F)cc1. The first-order valence-corrected chi connectivity index (χ1v) is 14.6. The van der Waals surface area contributed by atoms with E-state index in [0.717, 1.165) is 22.3 Å². The Balaban J connectivity index is 1.43. The smallest absolute Gasteiger partial charge is 0.271 e. The number of hydrogen-bond donors (Lipinski definition) is 0. The molecule has 0 radical (unpaired) electrons. The number of hydrogen-bond acceptors (Lipinski definition) is 4. The Bertz CT molecular complexity index is 1950. The lowest BCUT2D eigenvalue weighted by Gasteiger charge is -2.55. The van der Waals surface area contributed by atoms with Gasteiger partial charge in [0.1, 0.15) is 23.1 Å². The van der Waals surface area contributed by atoms with Gasteiger partial charge in [0.05, 0.1) is 17.3 Å². The molecule has 10 rings (SSSR count). The summed E-state index contributed by atoms with van der Waals surface area (Å²) in [6, 6.07) is 36.0. The largest absolute Gasteiger partial charge is 0.273 e. The van der Waals surface area contributed by atoms with Crippen molar-refractivity contribution in [3.63, 3.8) is 0 Å². The van der Waals surface area contributed by atoms with Gasteiger partial charge in [-0.05, 0) is 76.3 Å². The van der Waals surface area contributed by atoms with Gasteiger partial charge in [-0.25, -0.2) is 18.7 Å². The van der Waals surface area contributed by atoms with E-state index >= 15 is 9.59 Å². The van der Waals surface area contributed by atoms with E-state index in [9.17, 15) is 8.78 Å². The van der Waals surface area contributed by atoms with E-state index in [-0.39, 0.29) is 5.69 Å². The lowest BCUT2D eigenvalue weighted by molar-refractivity contribution is -0.153. The Morgan fingerprint density at radius 1 is 0.545 bits per heavy atom. The molecule has 5 nitrogen and oxygen atoms in total. The standard InChI is InChI=1S/C37H24F2N2O3/c38-23-16-14-22(15-17-23)33-36-31-27-10-4-6-12-29(27)32(30-13-7-5-11-28(30)31)37(36,44-41(33)26-8-2-1-3-9-26)35(43)40(34(36)42)25-20-18-24(39)19-21-25/h1-21,31-33H. The van der Waals surface area contributed by atoms with Crippen LogP contribution < -0.4 is 9.96 Å². The summed E-state index contributed by atoms with van der Waals surface area (Å²) in [5.74, 6) is -3.02. The van der Waals surface area contributed by atoms with Crippen LogP contribution >= 0.6 is 0 Å². The summed E-state index contributed by atoms with van der Waals surface area (Å²) < 4.78 is 28.5. The average molecular weight is 583 g/mol. The van der Waals surface area contributed by atoms with Crippen LogP contribution in [0, 0.1) is 17.0 Å². The van der Waals surface area contributed by atoms with Gasteiger partial charge in [-0.1, -0.05) is 78.9 Å². The van der Waals surface area contributed by atoms with E-state index in [1.165, 1.54) is 41.3 Å². The molecule has 44 heavy (non-hydrogen) atoms. The fourth-order valence-corrected chi connectivity index (χ4v) is 8.50. The number of benzene rings is 5. The minimum absolute atomic E-state index is 0.275. The molecule has 5 aromatic rings. The number of carbonyl (C=O) groups excluding carboxylic acids is 2. The molecule has 5 aliphatic rings. The lowest BCUT2D eigenvalue weighted by Crippen LogP contribution is -2.63. The number of amides is 2. The zero-order valence-electron chi connectivity index (χ0n) is 23.2. The van der Waals surface area contributed by atoms with Gasteiger partial charge in [0.15, 0.2) is 0 Å². The summed E-state index contributed by atoms with van der Waals surface area (Å²) >= 11 is 0. The van der Waals surface area contributed by atoms with Crippen LogP contribution in [0.5, 0.6) is 0 Å². The molecule has 2 bridgehead atoms. The molecule has 0 saturated carbocycles. The van der Waals surface area contributed by atoms with Gasteiger partial charge in [0.2, 0.25) is 11.5 Å². The van der Waals surface area contributed by atoms with Gasteiger partial charge in [-0.2, -0.15) is 0 Å². The molecule has 3 aliphatic carbocycles. The Kier molecular flexibility index (Phi) is 5.02. The molecule has 3 unspecified atom stereocenters. The van der Waals surface area contributed by atoms with Crippen molar-refractivity contribution >= 4 is 23.2 Å². The monoisotopic (exact) mass is 582 g/mol. The minimum atomic E-state index is -1.69. The van der Waals surface area contributed by atoms with Crippen LogP contribution in [-0.2, 0) is 14.4 Å². The lowest BCUT2D eigenvalue weighted by atomic mass is 9.43. The van der Waals surface area contributed by atoms with Crippen molar-refractivity contribution in [2.24, 2.45) is 5.41 Å². The molecule has 214 valence electrons.